The molecule has 0 heterocycles. The molecule has 13 heavy (non-hydrogen) atoms. The van der Waals surface area contributed by atoms with E-state index in [1.807, 2.05) is 0 Å². The summed E-state index contributed by atoms with van der Waals surface area (Å²) in [5, 5.41) is 18.0. The normalized spacial score (nSPS) is 11.8. The predicted molar refractivity (Wildman–Crippen MR) is 43.2 cm³/mol. The van der Waals surface area contributed by atoms with Gasteiger partial charge in [-0.2, -0.15) is 0 Å². The van der Waals surface area contributed by atoms with Gasteiger partial charge in [-0.25, -0.2) is 0 Å². The maximum atomic E-state index is 9.87. The lowest BCUT2D eigenvalue weighted by atomic mass is 10.3. The highest BCUT2D eigenvalue weighted by Gasteiger charge is 2.14. The van der Waals surface area contributed by atoms with Gasteiger partial charge < -0.3 is 9.68 Å². The van der Waals surface area contributed by atoms with Crippen molar-refractivity contribution in [1.82, 2.24) is 0 Å². The number of nitrogens with zero attached hydrogens (tertiary/aromatic N) is 2. The van der Waals surface area contributed by atoms with Gasteiger partial charge in [0, 0.05) is 5.33 Å². The standard InChI is InChI=1S/C4H7BrN2O6/c5-2-1-4(13-7(10)11)3-12-6(8)9/h4H,1-3H2/t4-/m0/s1. The van der Waals surface area contributed by atoms with E-state index in [1.165, 1.54) is 0 Å². The minimum atomic E-state index is -1.02. The summed E-state index contributed by atoms with van der Waals surface area (Å²) in [5.41, 5.74) is 0. The van der Waals surface area contributed by atoms with Gasteiger partial charge in [-0.15, -0.1) is 20.2 Å². The second-order valence-corrected chi connectivity index (χ2v) is 2.74. The lowest BCUT2D eigenvalue weighted by Crippen LogP contribution is -2.24. The van der Waals surface area contributed by atoms with Crippen LogP contribution in [0.5, 0.6) is 0 Å². The summed E-state index contributed by atoms with van der Waals surface area (Å²) in [6.45, 7) is -0.445. The lowest BCUT2D eigenvalue weighted by Gasteiger charge is -2.11. The Morgan fingerprint density at radius 2 is 1.92 bits per heavy atom. The summed E-state index contributed by atoms with van der Waals surface area (Å²) in [6.07, 6.45) is -0.658. The van der Waals surface area contributed by atoms with Crippen molar-refractivity contribution < 1.29 is 19.8 Å². The molecule has 0 unspecified atom stereocenters. The third-order valence-electron chi connectivity index (χ3n) is 1.03. The molecule has 0 rings (SSSR count). The van der Waals surface area contributed by atoms with Crippen LogP contribution in [0, 0.1) is 20.2 Å². The first-order valence-electron chi connectivity index (χ1n) is 3.20. The molecule has 0 N–H and O–H groups in total. The molecule has 0 aromatic carbocycles. The molecular formula is C4H7BrN2O6. The fraction of sp³-hybridized carbons (Fsp3) is 1.00. The summed E-state index contributed by atoms with van der Waals surface area (Å²) in [5.74, 6) is 0. The molecule has 0 aliphatic carbocycles. The van der Waals surface area contributed by atoms with Gasteiger partial charge in [-0.05, 0) is 6.42 Å². The van der Waals surface area contributed by atoms with Crippen molar-refractivity contribution in [2.75, 3.05) is 11.9 Å². The molecule has 0 radical (unpaired) electrons. The summed E-state index contributed by atoms with van der Waals surface area (Å²) in [7, 11) is 0. The predicted octanol–water partition coefficient (Wildman–Crippen LogP) is 0.557. The second-order valence-electron chi connectivity index (χ2n) is 1.95. The van der Waals surface area contributed by atoms with Crippen molar-refractivity contribution in [2.45, 2.75) is 12.5 Å². The molecule has 0 saturated heterocycles. The van der Waals surface area contributed by atoms with Crippen LogP contribution in [0.25, 0.3) is 0 Å². The summed E-state index contributed by atoms with van der Waals surface area (Å²) >= 11 is 3.02. The van der Waals surface area contributed by atoms with E-state index >= 15 is 0 Å². The van der Waals surface area contributed by atoms with E-state index in [9.17, 15) is 20.2 Å². The van der Waals surface area contributed by atoms with E-state index in [0.29, 0.717) is 5.33 Å². The van der Waals surface area contributed by atoms with Crippen molar-refractivity contribution in [1.29, 1.82) is 0 Å². The third-order valence-corrected chi connectivity index (χ3v) is 1.49. The molecule has 0 amide bonds. The van der Waals surface area contributed by atoms with E-state index in [-0.39, 0.29) is 6.42 Å². The van der Waals surface area contributed by atoms with Gasteiger partial charge in [0.25, 0.3) is 10.2 Å². The van der Waals surface area contributed by atoms with Crippen LogP contribution < -0.4 is 0 Å². The topological polar surface area (TPSA) is 105 Å². The molecule has 0 aliphatic heterocycles. The van der Waals surface area contributed by atoms with Gasteiger partial charge in [0.15, 0.2) is 0 Å². The molecule has 0 aromatic rings. The fourth-order valence-electron chi connectivity index (χ4n) is 0.554. The molecule has 1 atom stereocenters. The molecular weight excluding hydrogens is 252 g/mol. The quantitative estimate of drug-likeness (QED) is 0.375. The van der Waals surface area contributed by atoms with Gasteiger partial charge in [-0.3, -0.25) is 0 Å². The number of hydrogen-bond acceptors (Lipinski definition) is 6. The van der Waals surface area contributed by atoms with Crippen LogP contribution >= 0.6 is 15.9 Å². The monoisotopic (exact) mass is 258 g/mol. The average Bonchev–Trinajstić information content (AvgIpc) is 1.99. The zero-order chi connectivity index (χ0) is 10.3. The highest BCUT2D eigenvalue weighted by atomic mass is 79.9. The molecule has 9 heteroatoms. The minimum Gasteiger partial charge on any atom is -0.312 e. The van der Waals surface area contributed by atoms with Gasteiger partial charge in [0.05, 0.1) is 0 Å². The molecule has 0 fully saturated rings. The van der Waals surface area contributed by atoms with Crippen LogP contribution in [0.2, 0.25) is 0 Å². The summed E-state index contributed by atoms with van der Waals surface area (Å²) < 4.78 is 0. The second kappa shape index (κ2) is 6.40. The first-order chi connectivity index (χ1) is 6.06. The number of alkyl halides is 1. The number of hydrogen-bond donors (Lipinski definition) is 0. The zero-order valence-corrected chi connectivity index (χ0v) is 8.01. The van der Waals surface area contributed by atoms with Crippen molar-refractivity contribution in [3.8, 4) is 0 Å². The average molecular weight is 259 g/mol. The van der Waals surface area contributed by atoms with Gasteiger partial charge in [-0.1, -0.05) is 15.9 Å². The van der Waals surface area contributed by atoms with E-state index in [2.05, 4.69) is 25.6 Å². The molecule has 0 bridgehead atoms. The first-order valence-corrected chi connectivity index (χ1v) is 4.33. The summed E-state index contributed by atoms with van der Waals surface area (Å²) in [4.78, 5) is 27.6. The fourth-order valence-corrected chi connectivity index (χ4v) is 1.06. The molecule has 0 saturated carbocycles. The Balaban J connectivity index is 3.79. The van der Waals surface area contributed by atoms with Crippen molar-refractivity contribution >= 4 is 15.9 Å². The van der Waals surface area contributed by atoms with Crippen LogP contribution in [0.1, 0.15) is 6.42 Å². The first kappa shape index (κ1) is 11.9. The molecule has 0 aromatic heterocycles. The molecule has 8 nitrogen and oxygen atoms in total. The largest absolute Gasteiger partial charge is 0.312 e. The third kappa shape index (κ3) is 7.25. The molecule has 0 aliphatic rings. The van der Waals surface area contributed by atoms with E-state index < -0.39 is 22.9 Å². The van der Waals surface area contributed by atoms with Crippen molar-refractivity contribution in [3.05, 3.63) is 20.2 Å². The molecule has 0 spiro atoms. The molecule has 76 valence electrons. The number of rotatable bonds is 7. The Morgan fingerprint density at radius 1 is 1.31 bits per heavy atom. The van der Waals surface area contributed by atoms with E-state index in [0.717, 1.165) is 0 Å². The summed E-state index contributed by atoms with van der Waals surface area (Å²) in [6, 6.07) is 0. The van der Waals surface area contributed by atoms with Crippen molar-refractivity contribution in [3.63, 3.8) is 0 Å². The minimum absolute atomic E-state index is 0.259. The Bertz CT molecular complexity index is 187. The maximum Gasteiger partial charge on any atom is 0.294 e. The highest BCUT2D eigenvalue weighted by molar-refractivity contribution is 9.09. The Morgan fingerprint density at radius 3 is 2.31 bits per heavy atom. The van der Waals surface area contributed by atoms with Crippen LogP contribution in [-0.2, 0) is 9.68 Å². The van der Waals surface area contributed by atoms with Crippen LogP contribution in [0.4, 0.5) is 0 Å². The Labute approximate surface area is 81.1 Å². The van der Waals surface area contributed by atoms with Gasteiger partial charge in [0.1, 0.15) is 12.7 Å². The Hall–Kier alpha value is -1.12. The van der Waals surface area contributed by atoms with E-state index in [1.54, 1.807) is 0 Å². The SMILES string of the molecule is O=[N+]([O-])OC[C@H](CCBr)O[N+](=O)[O-]. The van der Waals surface area contributed by atoms with Crippen LogP contribution in [0.15, 0.2) is 0 Å². The zero-order valence-electron chi connectivity index (χ0n) is 6.42. The van der Waals surface area contributed by atoms with Crippen molar-refractivity contribution in [2.24, 2.45) is 0 Å². The van der Waals surface area contributed by atoms with Crippen LogP contribution in [0.3, 0.4) is 0 Å². The van der Waals surface area contributed by atoms with Gasteiger partial charge >= 0.3 is 0 Å². The lowest BCUT2D eigenvalue weighted by molar-refractivity contribution is -0.790. The smallest absolute Gasteiger partial charge is 0.294 e. The maximum absolute atomic E-state index is 9.87. The number of halogens is 1. The van der Waals surface area contributed by atoms with E-state index in [4.69, 9.17) is 0 Å². The Kier molecular flexibility index (Phi) is 5.85. The van der Waals surface area contributed by atoms with Crippen LogP contribution in [-0.4, -0.2) is 28.2 Å². The highest BCUT2D eigenvalue weighted by Crippen LogP contribution is 2.02. The van der Waals surface area contributed by atoms with Gasteiger partial charge in [0.2, 0.25) is 0 Å².